The van der Waals surface area contributed by atoms with Crippen molar-refractivity contribution in [2.75, 3.05) is 30.8 Å². The Hall–Kier alpha value is -2.16. The van der Waals surface area contributed by atoms with Crippen LogP contribution in [0.25, 0.3) is 0 Å². The fourth-order valence-corrected chi connectivity index (χ4v) is 4.70. The second-order valence-corrected chi connectivity index (χ2v) is 8.75. The van der Waals surface area contributed by atoms with Crippen LogP contribution in [0.1, 0.15) is 25.0 Å². The minimum atomic E-state index is -3.58. The van der Waals surface area contributed by atoms with Crippen LogP contribution in [0.4, 0.5) is 11.4 Å². The van der Waals surface area contributed by atoms with Crippen LogP contribution in [0.2, 0.25) is 0 Å². The number of hydrogen-bond acceptors (Lipinski definition) is 4. The van der Waals surface area contributed by atoms with Gasteiger partial charge in [-0.25, -0.2) is 8.42 Å². The van der Waals surface area contributed by atoms with Crippen LogP contribution in [-0.2, 0) is 10.0 Å². The van der Waals surface area contributed by atoms with E-state index < -0.39 is 10.0 Å². The van der Waals surface area contributed by atoms with E-state index in [2.05, 4.69) is 16.7 Å². The molecule has 28 heavy (non-hydrogen) atoms. The van der Waals surface area contributed by atoms with Crippen LogP contribution in [0.5, 0.6) is 5.75 Å². The molecule has 2 rings (SSSR count). The Balaban J connectivity index is 2.30. The number of aryl methyl sites for hydroxylation is 2. The monoisotopic (exact) mass is 421 g/mol. The standard InChI is InChI=1S/C20H27N3O3S2/c1-6-23(7-2)28(24,25)17-8-9-19(26-5)18(13-17)22-20(27)21-16-11-14(3)10-15(4)12-16/h8-13H,6-7H2,1-5H3,(H2,21,22,27). The first-order valence-corrected chi connectivity index (χ1v) is 10.9. The Bertz CT molecular complexity index is 935. The van der Waals surface area contributed by atoms with Crippen molar-refractivity contribution in [3.8, 4) is 5.75 Å². The van der Waals surface area contributed by atoms with Crippen molar-refractivity contribution in [2.24, 2.45) is 0 Å². The first kappa shape index (κ1) is 22.1. The third-order valence-corrected chi connectivity index (χ3v) is 6.49. The summed E-state index contributed by atoms with van der Waals surface area (Å²) in [5.41, 5.74) is 3.59. The molecule has 0 aromatic heterocycles. The molecule has 0 fully saturated rings. The summed E-state index contributed by atoms with van der Waals surface area (Å²) < 4.78 is 32.4. The molecular formula is C20H27N3O3S2. The maximum atomic E-state index is 12.8. The van der Waals surface area contributed by atoms with E-state index in [0.29, 0.717) is 29.6 Å². The highest BCUT2D eigenvalue weighted by Gasteiger charge is 2.23. The molecule has 2 aromatic rings. The zero-order valence-corrected chi connectivity index (χ0v) is 18.5. The zero-order valence-electron chi connectivity index (χ0n) is 16.9. The average molecular weight is 422 g/mol. The lowest BCUT2D eigenvalue weighted by molar-refractivity contribution is 0.416. The Morgan fingerprint density at radius 1 is 1.04 bits per heavy atom. The molecular weight excluding hydrogens is 394 g/mol. The number of sulfonamides is 1. The molecule has 0 heterocycles. The normalized spacial score (nSPS) is 11.4. The third kappa shape index (κ3) is 5.21. The highest BCUT2D eigenvalue weighted by atomic mass is 32.2. The molecule has 0 radical (unpaired) electrons. The third-order valence-electron chi connectivity index (χ3n) is 4.24. The van der Waals surface area contributed by atoms with E-state index in [1.165, 1.54) is 17.5 Å². The molecule has 0 saturated heterocycles. The predicted molar refractivity (Wildman–Crippen MR) is 119 cm³/mol. The number of methoxy groups -OCH3 is 1. The van der Waals surface area contributed by atoms with Crippen molar-refractivity contribution in [3.05, 3.63) is 47.5 Å². The number of benzene rings is 2. The van der Waals surface area contributed by atoms with Gasteiger partial charge in [-0.15, -0.1) is 0 Å². The molecule has 0 aliphatic heterocycles. The SMILES string of the molecule is CCN(CC)S(=O)(=O)c1ccc(OC)c(NC(=S)Nc2cc(C)cc(C)c2)c1. The first-order chi connectivity index (χ1) is 13.2. The first-order valence-electron chi connectivity index (χ1n) is 9.05. The Kier molecular flexibility index (Phi) is 7.40. The van der Waals surface area contributed by atoms with E-state index in [1.807, 2.05) is 39.8 Å². The lowest BCUT2D eigenvalue weighted by Crippen LogP contribution is -2.30. The van der Waals surface area contributed by atoms with E-state index in [1.54, 1.807) is 12.1 Å². The second-order valence-electron chi connectivity index (χ2n) is 6.41. The van der Waals surface area contributed by atoms with Crippen LogP contribution >= 0.6 is 12.2 Å². The average Bonchev–Trinajstić information content (AvgIpc) is 2.61. The number of nitrogens with zero attached hydrogens (tertiary/aromatic N) is 1. The maximum Gasteiger partial charge on any atom is 0.243 e. The Morgan fingerprint density at radius 2 is 1.64 bits per heavy atom. The number of nitrogens with one attached hydrogen (secondary N) is 2. The van der Waals surface area contributed by atoms with E-state index >= 15 is 0 Å². The molecule has 8 heteroatoms. The maximum absolute atomic E-state index is 12.8. The molecule has 0 amide bonds. The predicted octanol–water partition coefficient (Wildman–Crippen LogP) is 4.15. The van der Waals surface area contributed by atoms with Gasteiger partial charge in [0.2, 0.25) is 10.0 Å². The summed E-state index contributed by atoms with van der Waals surface area (Å²) in [6.07, 6.45) is 0. The van der Waals surface area contributed by atoms with Gasteiger partial charge in [0.25, 0.3) is 0 Å². The number of thiocarbonyl (C=S) groups is 1. The lowest BCUT2D eigenvalue weighted by atomic mass is 10.1. The van der Waals surface area contributed by atoms with E-state index in [0.717, 1.165) is 16.8 Å². The van der Waals surface area contributed by atoms with Crippen molar-refractivity contribution in [3.63, 3.8) is 0 Å². The number of ether oxygens (including phenoxy) is 1. The molecule has 2 N–H and O–H groups in total. The smallest absolute Gasteiger partial charge is 0.243 e. The van der Waals surface area contributed by atoms with Gasteiger partial charge >= 0.3 is 0 Å². The van der Waals surface area contributed by atoms with Gasteiger partial charge in [0, 0.05) is 18.8 Å². The van der Waals surface area contributed by atoms with Gasteiger partial charge in [0.1, 0.15) is 5.75 Å². The zero-order chi connectivity index (χ0) is 20.9. The van der Waals surface area contributed by atoms with Crippen LogP contribution in [0.3, 0.4) is 0 Å². The lowest BCUT2D eigenvalue weighted by Gasteiger charge is -2.20. The molecule has 6 nitrogen and oxygen atoms in total. The topological polar surface area (TPSA) is 70.7 Å². The van der Waals surface area contributed by atoms with E-state index in [9.17, 15) is 8.42 Å². The fourth-order valence-electron chi connectivity index (χ4n) is 2.99. The molecule has 0 aliphatic rings. The van der Waals surface area contributed by atoms with Crippen molar-refractivity contribution in [1.29, 1.82) is 0 Å². The van der Waals surface area contributed by atoms with Gasteiger partial charge in [0.05, 0.1) is 17.7 Å². The summed E-state index contributed by atoms with van der Waals surface area (Å²) in [5, 5.41) is 6.53. The van der Waals surface area contributed by atoms with Gasteiger partial charge in [-0.2, -0.15) is 4.31 Å². The van der Waals surface area contributed by atoms with Crippen LogP contribution in [0.15, 0.2) is 41.3 Å². The summed E-state index contributed by atoms with van der Waals surface area (Å²) >= 11 is 5.41. The Labute approximate surface area is 173 Å². The molecule has 0 aliphatic carbocycles. The number of rotatable bonds is 7. The van der Waals surface area contributed by atoms with Crippen LogP contribution in [-0.4, -0.2) is 38.0 Å². The summed E-state index contributed by atoms with van der Waals surface area (Å²) in [5.74, 6) is 0.503. The molecule has 0 unspecified atom stereocenters. The summed E-state index contributed by atoms with van der Waals surface area (Å²) in [6, 6.07) is 10.8. The quantitative estimate of drug-likeness (QED) is 0.655. The molecule has 0 atom stereocenters. The van der Waals surface area contributed by atoms with E-state index in [4.69, 9.17) is 17.0 Å². The van der Waals surface area contributed by atoms with Crippen LogP contribution < -0.4 is 15.4 Å². The second kappa shape index (κ2) is 9.36. The number of hydrogen-bond donors (Lipinski definition) is 2. The largest absolute Gasteiger partial charge is 0.495 e. The highest BCUT2D eigenvalue weighted by Crippen LogP contribution is 2.29. The van der Waals surface area contributed by atoms with Crippen LogP contribution in [0, 0.1) is 13.8 Å². The highest BCUT2D eigenvalue weighted by molar-refractivity contribution is 7.89. The minimum absolute atomic E-state index is 0.189. The molecule has 0 saturated carbocycles. The van der Waals surface area contributed by atoms with Gasteiger partial charge in [0.15, 0.2) is 5.11 Å². The summed E-state index contributed by atoms with van der Waals surface area (Å²) in [7, 11) is -2.05. The molecule has 152 valence electrons. The minimum Gasteiger partial charge on any atom is -0.495 e. The van der Waals surface area contributed by atoms with Crippen molar-refractivity contribution >= 4 is 38.7 Å². The number of anilines is 2. The molecule has 2 aromatic carbocycles. The van der Waals surface area contributed by atoms with Gasteiger partial charge < -0.3 is 15.4 Å². The Morgan fingerprint density at radius 3 is 2.18 bits per heavy atom. The molecule has 0 bridgehead atoms. The van der Waals surface area contributed by atoms with Crippen molar-refractivity contribution in [2.45, 2.75) is 32.6 Å². The van der Waals surface area contributed by atoms with Gasteiger partial charge in [-0.1, -0.05) is 19.9 Å². The van der Waals surface area contributed by atoms with Crippen molar-refractivity contribution in [1.82, 2.24) is 4.31 Å². The van der Waals surface area contributed by atoms with Crippen molar-refractivity contribution < 1.29 is 13.2 Å². The van der Waals surface area contributed by atoms with Gasteiger partial charge in [-0.05, 0) is 67.5 Å². The fraction of sp³-hybridized carbons (Fsp3) is 0.350. The summed E-state index contributed by atoms with van der Waals surface area (Å²) in [6.45, 7) is 8.46. The summed E-state index contributed by atoms with van der Waals surface area (Å²) in [4.78, 5) is 0.189. The van der Waals surface area contributed by atoms with E-state index in [-0.39, 0.29) is 4.90 Å². The van der Waals surface area contributed by atoms with Gasteiger partial charge in [-0.3, -0.25) is 0 Å². The molecule has 0 spiro atoms.